The highest BCUT2D eigenvalue weighted by Gasteiger charge is 2.30. The molecular formula is C23H24F3N3O2. The van der Waals surface area contributed by atoms with E-state index in [-0.39, 0.29) is 0 Å². The van der Waals surface area contributed by atoms with Gasteiger partial charge in [0.2, 0.25) is 0 Å². The molecule has 0 spiro atoms. The Bertz CT molecular complexity index is 1090. The van der Waals surface area contributed by atoms with Crippen LogP contribution in [0.3, 0.4) is 0 Å². The lowest BCUT2D eigenvalue weighted by Crippen LogP contribution is -2.07. The van der Waals surface area contributed by atoms with Gasteiger partial charge in [0, 0.05) is 22.6 Å². The highest BCUT2D eigenvalue weighted by atomic mass is 19.4. The van der Waals surface area contributed by atoms with E-state index < -0.39 is 11.7 Å². The predicted molar refractivity (Wildman–Crippen MR) is 114 cm³/mol. The van der Waals surface area contributed by atoms with Crippen LogP contribution in [-0.4, -0.2) is 25.0 Å². The number of aromatic nitrogens is 1. The zero-order chi connectivity index (χ0) is 22.6. The van der Waals surface area contributed by atoms with Crippen molar-refractivity contribution < 1.29 is 22.6 Å². The van der Waals surface area contributed by atoms with Gasteiger partial charge < -0.3 is 19.5 Å². The summed E-state index contributed by atoms with van der Waals surface area (Å²) in [4.78, 5) is 0. The van der Waals surface area contributed by atoms with Crippen LogP contribution < -0.4 is 14.9 Å². The summed E-state index contributed by atoms with van der Waals surface area (Å²) in [6.45, 7) is 4.17. The second-order valence-corrected chi connectivity index (χ2v) is 6.99. The third-order valence-corrected chi connectivity index (χ3v) is 4.93. The van der Waals surface area contributed by atoms with Crippen LogP contribution in [0.2, 0.25) is 0 Å². The van der Waals surface area contributed by atoms with Gasteiger partial charge in [-0.3, -0.25) is 0 Å². The SMILES string of the molecule is COc1ccc(CN/N=C/c2cc(C)n(-c3cccc(C(F)(F)F)c3)c2C)cc1OC. The van der Waals surface area contributed by atoms with Crippen molar-refractivity contribution >= 4 is 6.21 Å². The van der Waals surface area contributed by atoms with Crippen LogP contribution in [0.1, 0.15) is 28.1 Å². The number of nitrogens with zero attached hydrogens (tertiary/aromatic N) is 2. The van der Waals surface area contributed by atoms with Crippen LogP contribution in [0.25, 0.3) is 5.69 Å². The van der Waals surface area contributed by atoms with Gasteiger partial charge in [-0.1, -0.05) is 12.1 Å². The molecule has 0 aliphatic heterocycles. The van der Waals surface area contributed by atoms with Gasteiger partial charge in [-0.15, -0.1) is 0 Å². The van der Waals surface area contributed by atoms with Gasteiger partial charge in [-0.05, 0) is 55.8 Å². The summed E-state index contributed by atoms with van der Waals surface area (Å²) < 4.78 is 51.5. The molecule has 3 aromatic rings. The van der Waals surface area contributed by atoms with E-state index in [1.165, 1.54) is 6.07 Å². The molecule has 0 amide bonds. The van der Waals surface area contributed by atoms with Crippen molar-refractivity contribution in [2.45, 2.75) is 26.6 Å². The second-order valence-electron chi connectivity index (χ2n) is 6.99. The van der Waals surface area contributed by atoms with Crippen molar-refractivity contribution in [3.8, 4) is 17.2 Å². The quantitative estimate of drug-likeness (QED) is 0.410. The molecule has 0 fully saturated rings. The lowest BCUT2D eigenvalue weighted by Gasteiger charge is -2.13. The van der Waals surface area contributed by atoms with Crippen LogP contribution in [0.15, 0.2) is 53.6 Å². The number of aryl methyl sites for hydroxylation is 1. The molecule has 1 heterocycles. The zero-order valence-electron chi connectivity index (χ0n) is 17.7. The number of rotatable bonds is 7. The van der Waals surface area contributed by atoms with Crippen LogP contribution in [0, 0.1) is 13.8 Å². The summed E-state index contributed by atoms with van der Waals surface area (Å²) in [5.41, 5.74) is 6.16. The second kappa shape index (κ2) is 9.16. The number of ether oxygens (including phenoxy) is 2. The highest BCUT2D eigenvalue weighted by molar-refractivity contribution is 5.82. The van der Waals surface area contributed by atoms with Gasteiger partial charge in [-0.25, -0.2) is 0 Å². The molecule has 31 heavy (non-hydrogen) atoms. The molecule has 0 saturated heterocycles. The third kappa shape index (κ3) is 5.02. The lowest BCUT2D eigenvalue weighted by molar-refractivity contribution is -0.137. The van der Waals surface area contributed by atoms with Crippen molar-refractivity contribution in [1.29, 1.82) is 0 Å². The molecule has 0 saturated carbocycles. The number of hydrogen-bond acceptors (Lipinski definition) is 4. The van der Waals surface area contributed by atoms with Crippen molar-refractivity contribution in [3.63, 3.8) is 0 Å². The fourth-order valence-corrected chi connectivity index (χ4v) is 3.38. The number of nitrogens with one attached hydrogen (secondary N) is 1. The van der Waals surface area contributed by atoms with Gasteiger partial charge >= 0.3 is 6.18 Å². The Kier molecular flexibility index (Phi) is 6.58. The smallest absolute Gasteiger partial charge is 0.416 e. The van der Waals surface area contributed by atoms with E-state index in [9.17, 15) is 13.2 Å². The topological polar surface area (TPSA) is 47.8 Å². The summed E-state index contributed by atoms with van der Waals surface area (Å²) in [5, 5.41) is 4.26. The highest BCUT2D eigenvalue weighted by Crippen LogP contribution is 2.31. The van der Waals surface area contributed by atoms with Crippen LogP contribution in [-0.2, 0) is 12.7 Å². The standard InChI is InChI=1S/C23H24F3N3O2/c1-15-10-18(14-28-27-13-17-8-9-21(30-3)22(11-17)31-4)16(2)29(15)20-7-5-6-19(12-20)23(24,25)26/h5-12,14,27H,13H2,1-4H3/b28-14+. The molecule has 8 heteroatoms. The Morgan fingerprint density at radius 1 is 1.00 bits per heavy atom. The third-order valence-electron chi connectivity index (χ3n) is 4.93. The Morgan fingerprint density at radius 2 is 1.74 bits per heavy atom. The number of benzene rings is 2. The van der Waals surface area contributed by atoms with E-state index in [0.29, 0.717) is 23.7 Å². The molecule has 5 nitrogen and oxygen atoms in total. The van der Waals surface area contributed by atoms with E-state index in [1.54, 1.807) is 31.1 Å². The molecule has 0 radical (unpaired) electrons. The Labute approximate surface area is 179 Å². The monoisotopic (exact) mass is 431 g/mol. The van der Waals surface area contributed by atoms with E-state index in [4.69, 9.17) is 9.47 Å². The molecule has 0 aliphatic carbocycles. The van der Waals surface area contributed by atoms with Crippen molar-refractivity contribution in [2.75, 3.05) is 14.2 Å². The maximum atomic E-state index is 13.1. The van der Waals surface area contributed by atoms with Crippen molar-refractivity contribution in [1.82, 2.24) is 9.99 Å². The normalized spacial score (nSPS) is 11.7. The molecule has 0 unspecified atom stereocenters. The fraction of sp³-hybridized carbons (Fsp3) is 0.261. The minimum Gasteiger partial charge on any atom is -0.493 e. The summed E-state index contributed by atoms with van der Waals surface area (Å²) in [6, 6.07) is 12.8. The van der Waals surface area contributed by atoms with E-state index in [1.807, 2.05) is 38.1 Å². The first kappa shape index (κ1) is 22.3. The predicted octanol–water partition coefficient (Wildman–Crippen LogP) is 5.25. The summed E-state index contributed by atoms with van der Waals surface area (Å²) in [5.74, 6) is 1.28. The van der Waals surface area contributed by atoms with Gasteiger partial charge in [0.15, 0.2) is 11.5 Å². The Hall–Kier alpha value is -3.42. The lowest BCUT2D eigenvalue weighted by atomic mass is 10.2. The number of halogens is 3. The average Bonchev–Trinajstić information content (AvgIpc) is 3.03. The molecule has 1 aromatic heterocycles. The summed E-state index contributed by atoms with van der Waals surface area (Å²) in [7, 11) is 3.16. The van der Waals surface area contributed by atoms with E-state index in [0.717, 1.165) is 34.6 Å². The van der Waals surface area contributed by atoms with Gasteiger partial charge in [-0.2, -0.15) is 18.3 Å². The van der Waals surface area contributed by atoms with Gasteiger partial charge in [0.1, 0.15) is 0 Å². The minimum absolute atomic E-state index is 0.461. The molecule has 3 rings (SSSR count). The molecular weight excluding hydrogens is 407 g/mol. The van der Waals surface area contributed by atoms with Crippen molar-refractivity contribution in [2.24, 2.45) is 5.10 Å². The first-order valence-electron chi connectivity index (χ1n) is 9.58. The van der Waals surface area contributed by atoms with Crippen LogP contribution in [0.4, 0.5) is 13.2 Å². The van der Waals surface area contributed by atoms with Gasteiger partial charge in [0.05, 0.1) is 32.5 Å². The van der Waals surface area contributed by atoms with Crippen LogP contribution in [0.5, 0.6) is 11.5 Å². The maximum absolute atomic E-state index is 13.1. The van der Waals surface area contributed by atoms with E-state index >= 15 is 0 Å². The average molecular weight is 431 g/mol. The number of hydrogen-bond donors (Lipinski definition) is 1. The minimum atomic E-state index is -4.39. The Balaban J connectivity index is 1.75. The fourth-order valence-electron chi connectivity index (χ4n) is 3.38. The summed E-state index contributed by atoms with van der Waals surface area (Å²) in [6.07, 6.45) is -2.73. The zero-order valence-corrected chi connectivity index (χ0v) is 17.7. The molecule has 0 bridgehead atoms. The van der Waals surface area contributed by atoms with E-state index in [2.05, 4.69) is 10.5 Å². The van der Waals surface area contributed by atoms with Crippen molar-refractivity contribution in [3.05, 3.63) is 76.6 Å². The van der Waals surface area contributed by atoms with Gasteiger partial charge in [0.25, 0.3) is 0 Å². The number of hydrazone groups is 1. The molecule has 164 valence electrons. The number of alkyl halides is 3. The molecule has 1 N–H and O–H groups in total. The first-order valence-corrected chi connectivity index (χ1v) is 9.58. The molecule has 0 atom stereocenters. The molecule has 0 aliphatic rings. The number of methoxy groups -OCH3 is 2. The first-order chi connectivity index (χ1) is 14.7. The maximum Gasteiger partial charge on any atom is 0.416 e. The summed E-state index contributed by atoms with van der Waals surface area (Å²) >= 11 is 0. The Morgan fingerprint density at radius 3 is 2.42 bits per heavy atom. The largest absolute Gasteiger partial charge is 0.493 e. The molecule has 2 aromatic carbocycles. The van der Waals surface area contributed by atoms with Crippen LogP contribution >= 0.6 is 0 Å².